The van der Waals surface area contributed by atoms with Crippen LogP contribution >= 0.6 is 0 Å². The predicted molar refractivity (Wildman–Crippen MR) is 88.3 cm³/mol. The van der Waals surface area contributed by atoms with Crippen LogP contribution in [0.1, 0.15) is 46.1 Å². The van der Waals surface area contributed by atoms with Crippen LogP contribution in [0.2, 0.25) is 0 Å². The lowest BCUT2D eigenvalue weighted by Gasteiger charge is -2.25. The summed E-state index contributed by atoms with van der Waals surface area (Å²) in [6.45, 7) is 8.00. The molecule has 108 valence electrons. The molecule has 2 rings (SSSR count). The highest BCUT2D eigenvalue weighted by Crippen LogP contribution is 2.31. The highest BCUT2D eigenvalue weighted by Gasteiger charge is 2.30. The summed E-state index contributed by atoms with van der Waals surface area (Å²) in [7, 11) is 0. The van der Waals surface area contributed by atoms with E-state index in [-0.39, 0.29) is 0 Å². The van der Waals surface area contributed by atoms with Crippen LogP contribution in [-0.2, 0) is 5.60 Å². The van der Waals surface area contributed by atoms with E-state index in [2.05, 4.69) is 5.92 Å². The fraction of sp³-hybridized carbons (Fsp3) is 0.368. The Morgan fingerprint density at radius 1 is 1.05 bits per heavy atom. The number of rotatable bonds is 2. The lowest BCUT2D eigenvalue weighted by atomic mass is 9.84. The number of hydrogen-bond acceptors (Lipinski definition) is 1. The highest BCUT2D eigenvalue weighted by atomic mass is 16.3. The van der Waals surface area contributed by atoms with Gasteiger partial charge in [-0.05, 0) is 18.4 Å². The van der Waals surface area contributed by atoms with Gasteiger partial charge in [-0.2, -0.15) is 0 Å². The second-order valence-corrected chi connectivity index (χ2v) is 3.86. The Morgan fingerprint density at radius 3 is 2.10 bits per heavy atom. The van der Waals surface area contributed by atoms with Crippen molar-refractivity contribution < 1.29 is 5.11 Å². The lowest BCUT2D eigenvalue weighted by Crippen LogP contribution is -2.26. The molecule has 1 aliphatic carbocycles. The molecule has 1 heteroatoms. The normalized spacial score (nSPS) is 15.3. The van der Waals surface area contributed by atoms with Gasteiger partial charge in [0, 0.05) is 5.56 Å². The van der Waals surface area contributed by atoms with Gasteiger partial charge in [0.2, 0.25) is 0 Å². The second kappa shape index (κ2) is 10.1. The molecule has 0 heterocycles. The van der Waals surface area contributed by atoms with E-state index in [0.717, 1.165) is 24.0 Å². The summed E-state index contributed by atoms with van der Waals surface area (Å²) in [5.74, 6) is 2.50. The molecule has 0 saturated heterocycles. The summed E-state index contributed by atoms with van der Waals surface area (Å²) in [5, 5.41) is 10.6. The number of terminal acetylenes is 1. The van der Waals surface area contributed by atoms with Gasteiger partial charge >= 0.3 is 0 Å². The summed E-state index contributed by atoms with van der Waals surface area (Å²) >= 11 is 0. The molecule has 1 aromatic carbocycles. The summed E-state index contributed by atoms with van der Waals surface area (Å²) < 4.78 is 0. The molecule has 1 unspecified atom stereocenters. The van der Waals surface area contributed by atoms with Gasteiger partial charge in [0.25, 0.3) is 0 Å². The van der Waals surface area contributed by atoms with E-state index in [0.29, 0.717) is 0 Å². The highest BCUT2D eigenvalue weighted by molar-refractivity contribution is 5.46. The Labute approximate surface area is 124 Å². The summed E-state index contributed by atoms with van der Waals surface area (Å²) in [5.41, 5.74) is 0.251. The predicted octanol–water partition coefficient (Wildman–Crippen LogP) is 4.84. The van der Waals surface area contributed by atoms with Crippen molar-refractivity contribution in [3.05, 3.63) is 59.7 Å². The molecule has 1 N–H and O–H groups in total. The number of hydrogen-bond donors (Lipinski definition) is 1. The third-order valence-electron chi connectivity index (χ3n) is 2.81. The second-order valence-electron chi connectivity index (χ2n) is 3.86. The van der Waals surface area contributed by atoms with Gasteiger partial charge in [0.15, 0.2) is 5.60 Å². The molecule has 0 saturated carbocycles. The molecule has 0 radical (unpaired) electrons. The Balaban J connectivity index is 0.000000829. The van der Waals surface area contributed by atoms with Gasteiger partial charge < -0.3 is 5.11 Å². The first kappa shape index (κ1) is 18.2. The van der Waals surface area contributed by atoms with Crippen molar-refractivity contribution in [2.45, 2.75) is 46.1 Å². The minimum absolute atomic E-state index is 0.746. The average Bonchev–Trinajstić information content (AvgIpc) is 2.59. The summed E-state index contributed by atoms with van der Waals surface area (Å²) in [6, 6.07) is 9.37. The van der Waals surface area contributed by atoms with E-state index in [1.807, 2.05) is 76.3 Å². The first-order valence-electron chi connectivity index (χ1n) is 7.40. The van der Waals surface area contributed by atoms with Crippen LogP contribution in [0.25, 0.3) is 0 Å². The SMILES string of the molecule is C#CC(O)(C1=CCCC=C1)c1ccccc1.CC.CC. The van der Waals surface area contributed by atoms with Crippen LogP contribution in [0.3, 0.4) is 0 Å². The Morgan fingerprint density at radius 2 is 1.65 bits per heavy atom. The molecule has 0 spiro atoms. The van der Waals surface area contributed by atoms with Crippen molar-refractivity contribution >= 4 is 0 Å². The first-order valence-corrected chi connectivity index (χ1v) is 7.40. The van der Waals surface area contributed by atoms with Crippen LogP contribution in [0.5, 0.6) is 0 Å². The van der Waals surface area contributed by atoms with Gasteiger partial charge in [-0.3, -0.25) is 0 Å². The maximum atomic E-state index is 10.6. The zero-order valence-electron chi connectivity index (χ0n) is 13.1. The zero-order valence-corrected chi connectivity index (χ0v) is 13.1. The monoisotopic (exact) mass is 270 g/mol. The van der Waals surface area contributed by atoms with Gasteiger partial charge in [-0.25, -0.2) is 0 Å². The number of allylic oxidation sites excluding steroid dienone is 2. The van der Waals surface area contributed by atoms with Gasteiger partial charge in [-0.1, -0.05) is 82.2 Å². The van der Waals surface area contributed by atoms with Crippen molar-refractivity contribution in [3.8, 4) is 12.3 Å². The molecule has 1 atom stereocenters. The average molecular weight is 270 g/mol. The van der Waals surface area contributed by atoms with Crippen molar-refractivity contribution in [1.29, 1.82) is 0 Å². The van der Waals surface area contributed by atoms with E-state index in [1.165, 1.54) is 0 Å². The molecule has 0 bridgehead atoms. The lowest BCUT2D eigenvalue weighted by molar-refractivity contribution is 0.144. The fourth-order valence-electron chi connectivity index (χ4n) is 1.89. The zero-order chi connectivity index (χ0) is 15.4. The largest absolute Gasteiger partial charge is 0.369 e. The van der Waals surface area contributed by atoms with E-state index >= 15 is 0 Å². The van der Waals surface area contributed by atoms with Crippen molar-refractivity contribution in [3.63, 3.8) is 0 Å². The van der Waals surface area contributed by atoms with Crippen LogP contribution in [0.15, 0.2) is 54.1 Å². The molecule has 0 aliphatic heterocycles. The van der Waals surface area contributed by atoms with Crippen LogP contribution in [-0.4, -0.2) is 5.11 Å². The molecule has 20 heavy (non-hydrogen) atoms. The molecule has 0 amide bonds. The maximum absolute atomic E-state index is 10.6. The van der Waals surface area contributed by atoms with Crippen molar-refractivity contribution in [2.24, 2.45) is 0 Å². The van der Waals surface area contributed by atoms with E-state index in [4.69, 9.17) is 6.42 Å². The maximum Gasteiger partial charge on any atom is 0.176 e. The molecular formula is C19H26O. The Hall–Kier alpha value is -1.78. The molecule has 0 fully saturated rings. The van der Waals surface area contributed by atoms with Crippen molar-refractivity contribution in [1.82, 2.24) is 0 Å². The van der Waals surface area contributed by atoms with E-state index in [9.17, 15) is 5.11 Å². The van der Waals surface area contributed by atoms with Gasteiger partial charge in [-0.15, -0.1) is 6.42 Å². The molecule has 1 aliphatic rings. The summed E-state index contributed by atoms with van der Waals surface area (Å²) in [4.78, 5) is 0. The molecule has 1 aromatic rings. The van der Waals surface area contributed by atoms with Gasteiger partial charge in [0.05, 0.1) is 0 Å². The minimum Gasteiger partial charge on any atom is -0.369 e. The quantitative estimate of drug-likeness (QED) is 0.763. The Bertz CT molecular complexity index is 462. The minimum atomic E-state index is -1.29. The number of benzene rings is 1. The third kappa shape index (κ3) is 4.40. The van der Waals surface area contributed by atoms with E-state index < -0.39 is 5.60 Å². The fourth-order valence-corrected chi connectivity index (χ4v) is 1.89. The molecular weight excluding hydrogens is 244 g/mol. The standard InChI is InChI=1S/C15H14O.2C2H6/c1-2-15(16,13-9-5-3-6-10-13)14-11-7-4-8-12-14;2*1-2/h1,3,5-7,9-12,16H,4,8H2;2*1-2H3. The van der Waals surface area contributed by atoms with Gasteiger partial charge in [0.1, 0.15) is 0 Å². The Kier molecular flexibility index (Phi) is 9.17. The molecule has 1 nitrogen and oxygen atoms in total. The molecule has 0 aromatic heterocycles. The van der Waals surface area contributed by atoms with Crippen molar-refractivity contribution in [2.75, 3.05) is 0 Å². The topological polar surface area (TPSA) is 20.2 Å². The smallest absolute Gasteiger partial charge is 0.176 e. The van der Waals surface area contributed by atoms with E-state index in [1.54, 1.807) is 0 Å². The first-order chi connectivity index (χ1) is 9.77. The van der Waals surface area contributed by atoms with Crippen LogP contribution in [0, 0.1) is 12.3 Å². The summed E-state index contributed by atoms with van der Waals surface area (Å²) in [6.07, 6.45) is 13.4. The van der Waals surface area contributed by atoms with Crippen LogP contribution < -0.4 is 0 Å². The third-order valence-corrected chi connectivity index (χ3v) is 2.81. The number of aliphatic hydroxyl groups is 1. The van der Waals surface area contributed by atoms with Crippen LogP contribution in [0.4, 0.5) is 0 Å².